The molecule has 0 aliphatic carbocycles. The van der Waals surface area contributed by atoms with Gasteiger partial charge in [-0.1, -0.05) is 54.6 Å². The number of aromatic nitrogens is 3. The van der Waals surface area contributed by atoms with Gasteiger partial charge in [0.05, 0.1) is 10.6 Å². The number of benzene rings is 3. The standard InChI is InChI=1S/C25H25N5O3S2/c1-3-23-27-28-25(30(23)21-7-5-4-6-8-21)34-17-24(31)26-19-13-15-22(16-14-19)35(32,33)29-20-11-9-18(2)10-12-20/h4-16,29H,3,17H2,1-2H3,(H,26,31). The van der Waals surface area contributed by atoms with Gasteiger partial charge in [-0.25, -0.2) is 8.42 Å². The lowest BCUT2D eigenvalue weighted by molar-refractivity contribution is -0.113. The molecule has 8 nitrogen and oxygen atoms in total. The van der Waals surface area contributed by atoms with Crippen LogP contribution >= 0.6 is 11.8 Å². The average molecular weight is 508 g/mol. The molecule has 0 radical (unpaired) electrons. The molecule has 0 bridgehead atoms. The third-order valence-electron chi connectivity index (χ3n) is 5.12. The smallest absolute Gasteiger partial charge is 0.261 e. The van der Waals surface area contributed by atoms with Crippen molar-refractivity contribution >= 4 is 39.1 Å². The summed E-state index contributed by atoms with van der Waals surface area (Å²) >= 11 is 1.29. The molecule has 0 unspecified atom stereocenters. The van der Waals surface area contributed by atoms with Crippen LogP contribution in [-0.2, 0) is 21.2 Å². The predicted octanol–water partition coefficient (Wildman–Crippen LogP) is 4.67. The maximum atomic E-state index is 12.6. The molecule has 0 saturated heterocycles. The van der Waals surface area contributed by atoms with Crippen LogP contribution in [0.25, 0.3) is 5.69 Å². The van der Waals surface area contributed by atoms with Crippen molar-refractivity contribution < 1.29 is 13.2 Å². The van der Waals surface area contributed by atoms with Crippen LogP contribution < -0.4 is 10.0 Å². The van der Waals surface area contributed by atoms with Crippen molar-refractivity contribution in [3.8, 4) is 5.69 Å². The largest absolute Gasteiger partial charge is 0.325 e. The molecule has 1 aromatic heterocycles. The van der Waals surface area contributed by atoms with Crippen LogP contribution in [0.2, 0.25) is 0 Å². The first kappa shape index (κ1) is 24.5. The molecule has 10 heteroatoms. The Morgan fingerprint density at radius 1 is 0.914 bits per heavy atom. The van der Waals surface area contributed by atoms with Gasteiger partial charge in [0, 0.05) is 23.5 Å². The molecular weight excluding hydrogens is 482 g/mol. The number of anilines is 2. The number of rotatable bonds is 9. The highest BCUT2D eigenvalue weighted by Crippen LogP contribution is 2.23. The van der Waals surface area contributed by atoms with E-state index in [0.29, 0.717) is 23.0 Å². The summed E-state index contributed by atoms with van der Waals surface area (Å²) in [6.45, 7) is 3.94. The van der Waals surface area contributed by atoms with Crippen LogP contribution in [-0.4, -0.2) is 34.8 Å². The second-order valence-corrected chi connectivity index (χ2v) is 10.4. The van der Waals surface area contributed by atoms with Gasteiger partial charge in [-0.15, -0.1) is 10.2 Å². The molecule has 2 N–H and O–H groups in total. The van der Waals surface area contributed by atoms with E-state index in [1.165, 1.54) is 23.9 Å². The predicted molar refractivity (Wildman–Crippen MR) is 139 cm³/mol. The zero-order valence-electron chi connectivity index (χ0n) is 19.3. The Hall–Kier alpha value is -3.63. The molecule has 0 atom stereocenters. The summed E-state index contributed by atoms with van der Waals surface area (Å²) in [5, 5.41) is 11.9. The minimum Gasteiger partial charge on any atom is -0.325 e. The van der Waals surface area contributed by atoms with E-state index in [1.807, 2.05) is 60.9 Å². The fourth-order valence-corrected chi connectivity index (χ4v) is 5.17. The normalized spacial score (nSPS) is 11.3. The molecule has 0 saturated carbocycles. The Bertz CT molecular complexity index is 1400. The Morgan fingerprint density at radius 2 is 1.57 bits per heavy atom. The third kappa shape index (κ3) is 6.09. The highest BCUT2D eigenvalue weighted by molar-refractivity contribution is 7.99. The first-order chi connectivity index (χ1) is 16.9. The van der Waals surface area contributed by atoms with Gasteiger partial charge in [0.2, 0.25) is 5.91 Å². The van der Waals surface area contributed by atoms with Crippen molar-refractivity contribution in [2.24, 2.45) is 0 Å². The van der Waals surface area contributed by atoms with E-state index in [9.17, 15) is 13.2 Å². The molecule has 1 amide bonds. The number of nitrogens with zero attached hydrogens (tertiary/aromatic N) is 3. The van der Waals surface area contributed by atoms with E-state index in [-0.39, 0.29) is 16.6 Å². The molecule has 180 valence electrons. The molecule has 3 aromatic carbocycles. The van der Waals surface area contributed by atoms with Crippen molar-refractivity contribution in [3.63, 3.8) is 0 Å². The summed E-state index contributed by atoms with van der Waals surface area (Å²) in [6.07, 6.45) is 0.711. The van der Waals surface area contributed by atoms with E-state index in [2.05, 4.69) is 20.2 Å². The quantitative estimate of drug-likeness (QED) is 0.319. The molecular formula is C25H25N5O3S2. The van der Waals surface area contributed by atoms with Crippen molar-refractivity contribution in [1.82, 2.24) is 14.8 Å². The Labute approximate surface area is 208 Å². The highest BCUT2D eigenvalue weighted by Gasteiger charge is 2.16. The zero-order chi connectivity index (χ0) is 24.8. The number of thioether (sulfide) groups is 1. The summed E-state index contributed by atoms with van der Waals surface area (Å²) in [5.74, 6) is 0.711. The van der Waals surface area contributed by atoms with Crippen LogP contribution in [0, 0.1) is 6.92 Å². The van der Waals surface area contributed by atoms with Gasteiger partial charge in [-0.05, 0) is 55.5 Å². The molecule has 0 aliphatic rings. The van der Waals surface area contributed by atoms with E-state index in [4.69, 9.17) is 0 Å². The molecule has 0 fully saturated rings. The van der Waals surface area contributed by atoms with Gasteiger partial charge < -0.3 is 5.32 Å². The van der Waals surface area contributed by atoms with Crippen molar-refractivity contribution in [2.45, 2.75) is 30.3 Å². The van der Waals surface area contributed by atoms with Crippen LogP contribution in [0.15, 0.2) is 88.9 Å². The lowest BCUT2D eigenvalue weighted by atomic mass is 10.2. The Balaban J connectivity index is 1.38. The number of hydrogen-bond acceptors (Lipinski definition) is 6. The first-order valence-electron chi connectivity index (χ1n) is 11.0. The number of hydrogen-bond donors (Lipinski definition) is 2. The lowest BCUT2D eigenvalue weighted by Crippen LogP contribution is -2.15. The minimum atomic E-state index is -3.73. The first-order valence-corrected chi connectivity index (χ1v) is 13.4. The van der Waals surface area contributed by atoms with E-state index < -0.39 is 10.0 Å². The number of sulfonamides is 1. The second kappa shape index (κ2) is 10.7. The number of aryl methyl sites for hydroxylation is 2. The monoisotopic (exact) mass is 507 g/mol. The molecule has 0 spiro atoms. The maximum absolute atomic E-state index is 12.6. The van der Waals surface area contributed by atoms with Gasteiger partial charge >= 0.3 is 0 Å². The summed E-state index contributed by atoms with van der Waals surface area (Å²) in [7, 11) is -3.73. The molecule has 4 aromatic rings. The summed E-state index contributed by atoms with van der Waals surface area (Å²) < 4.78 is 29.8. The molecule has 35 heavy (non-hydrogen) atoms. The third-order valence-corrected chi connectivity index (χ3v) is 7.44. The number of para-hydroxylation sites is 1. The molecule has 0 aliphatic heterocycles. The minimum absolute atomic E-state index is 0.105. The topological polar surface area (TPSA) is 106 Å². The Kier molecular flexibility index (Phi) is 7.52. The summed E-state index contributed by atoms with van der Waals surface area (Å²) in [4.78, 5) is 12.6. The second-order valence-electron chi connectivity index (χ2n) is 7.76. The fraction of sp³-hybridized carbons (Fsp3) is 0.160. The summed E-state index contributed by atoms with van der Waals surface area (Å²) in [6, 6.07) is 22.9. The number of carbonyl (C=O) groups excluding carboxylic acids is 1. The van der Waals surface area contributed by atoms with Crippen LogP contribution in [0.4, 0.5) is 11.4 Å². The molecule has 4 rings (SSSR count). The zero-order valence-corrected chi connectivity index (χ0v) is 20.9. The van der Waals surface area contributed by atoms with Gasteiger partial charge in [0.15, 0.2) is 5.16 Å². The number of amides is 1. The van der Waals surface area contributed by atoms with Crippen LogP contribution in [0.1, 0.15) is 18.3 Å². The SMILES string of the molecule is CCc1nnc(SCC(=O)Nc2ccc(S(=O)(=O)Nc3ccc(C)cc3)cc2)n1-c1ccccc1. The molecule has 1 heterocycles. The Morgan fingerprint density at radius 3 is 2.23 bits per heavy atom. The van der Waals surface area contributed by atoms with Crippen molar-refractivity contribution in [2.75, 3.05) is 15.8 Å². The van der Waals surface area contributed by atoms with E-state index in [1.54, 1.807) is 24.3 Å². The van der Waals surface area contributed by atoms with Gasteiger partial charge in [-0.3, -0.25) is 14.1 Å². The van der Waals surface area contributed by atoms with Gasteiger partial charge in [0.1, 0.15) is 5.82 Å². The average Bonchev–Trinajstić information content (AvgIpc) is 3.28. The lowest BCUT2D eigenvalue weighted by Gasteiger charge is -2.10. The highest BCUT2D eigenvalue weighted by atomic mass is 32.2. The summed E-state index contributed by atoms with van der Waals surface area (Å²) in [5.41, 5.74) is 2.97. The van der Waals surface area contributed by atoms with Gasteiger partial charge in [0.25, 0.3) is 10.0 Å². The van der Waals surface area contributed by atoms with Crippen LogP contribution in [0.5, 0.6) is 0 Å². The maximum Gasteiger partial charge on any atom is 0.261 e. The number of carbonyl (C=O) groups is 1. The van der Waals surface area contributed by atoms with Crippen molar-refractivity contribution in [1.29, 1.82) is 0 Å². The van der Waals surface area contributed by atoms with Gasteiger partial charge in [-0.2, -0.15) is 0 Å². The fourth-order valence-electron chi connectivity index (χ4n) is 3.34. The number of nitrogens with one attached hydrogen (secondary N) is 2. The van der Waals surface area contributed by atoms with Crippen molar-refractivity contribution in [3.05, 3.63) is 90.3 Å². The van der Waals surface area contributed by atoms with Crippen LogP contribution in [0.3, 0.4) is 0 Å². The van der Waals surface area contributed by atoms with E-state index >= 15 is 0 Å². The van der Waals surface area contributed by atoms with E-state index in [0.717, 1.165) is 17.1 Å².